The predicted octanol–water partition coefficient (Wildman–Crippen LogP) is 0.147. The van der Waals surface area contributed by atoms with Gasteiger partial charge >= 0.3 is 85.7 Å². The Labute approximate surface area is 208 Å². The molecule has 0 amide bonds. The summed E-state index contributed by atoms with van der Waals surface area (Å²) in [6.45, 7) is 0. The third-order valence-electron chi connectivity index (χ3n) is 2.66. The quantitative estimate of drug-likeness (QED) is 0.245. The summed E-state index contributed by atoms with van der Waals surface area (Å²) in [5.74, 6) is 0. The summed E-state index contributed by atoms with van der Waals surface area (Å²) in [6.07, 6.45) is -23.4. The summed E-state index contributed by atoms with van der Waals surface area (Å²) in [5, 5.41) is -24.2. The zero-order chi connectivity index (χ0) is 26.1. The largest absolute Gasteiger partial charge is 1.00 e. The van der Waals surface area contributed by atoms with Gasteiger partial charge in [-0.2, -0.15) is 65.9 Å². The van der Waals surface area contributed by atoms with Gasteiger partial charge in [0.25, 0.3) is 0 Å². The Hall–Kier alpha value is 0.436. The third kappa shape index (κ3) is 5.03. The Balaban J connectivity index is 0. The van der Waals surface area contributed by atoms with Gasteiger partial charge in [-0.3, -0.25) is 25.3 Å². The van der Waals surface area contributed by atoms with Gasteiger partial charge < -0.3 is 0 Å². The van der Waals surface area contributed by atoms with E-state index in [0.717, 1.165) is 0 Å². The molecule has 0 aliphatic carbocycles. The Morgan fingerprint density at radius 3 is 0.594 bits per heavy atom. The molecular weight excluding hydrogens is 600 g/mol. The fourth-order valence-electron chi connectivity index (χ4n) is 1.20. The van der Waals surface area contributed by atoms with E-state index in [1.807, 2.05) is 0 Å². The van der Waals surface area contributed by atoms with Crippen molar-refractivity contribution in [2.75, 3.05) is 0 Å². The molecule has 0 rings (SSSR count). The van der Waals surface area contributed by atoms with Crippen molar-refractivity contribution in [2.45, 2.75) is 34.3 Å². The van der Waals surface area contributed by atoms with Crippen LogP contribution in [0.2, 0.25) is 0 Å². The van der Waals surface area contributed by atoms with E-state index in [9.17, 15) is 91.1 Å². The molecule has 188 valence electrons. The molecule has 0 saturated carbocycles. The average Bonchev–Trinajstić information content (AvgIpc) is 2.41. The molecule has 0 aliphatic rings. The van der Waals surface area contributed by atoms with E-state index in [1.54, 1.807) is 0 Å². The van der Waals surface area contributed by atoms with Crippen LogP contribution in [0.1, 0.15) is 0 Å². The second-order valence-corrected chi connectivity index (χ2v) is 11.4. The fraction of sp³-hybridized carbons (Fsp3) is 0.857. The van der Waals surface area contributed by atoms with Gasteiger partial charge in [-0.15, -0.1) is 0 Å². The summed E-state index contributed by atoms with van der Waals surface area (Å²) in [5.41, 5.74) is 0. The van der Waals surface area contributed by atoms with Crippen molar-refractivity contribution in [3.63, 3.8) is 0 Å². The Morgan fingerprint density at radius 1 is 0.375 bits per heavy atom. The first-order valence-corrected chi connectivity index (χ1v) is 10.3. The monoisotopic (exact) mass is 600 g/mol. The van der Waals surface area contributed by atoms with Crippen LogP contribution in [-0.4, -0.2) is 59.5 Å². The van der Waals surface area contributed by atoms with E-state index < -0.39 is 67.7 Å². The van der Waals surface area contributed by atoms with Crippen LogP contribution in [0.25, 0.3) is 0 Å². The molecule has 0 fully saturated rings. The molecule has 32 heavy (non-hydrogen) atoms. The SMILES string of the molecule is O=S(=O)([C-](S(=O)(=O)C(F)(F)C(F)(F)F)S(=O)(=O)C(F)(F)C(F)(F)F)C(F)(F)C(F)(F)F.[K+]. The van der Waals surface area contributed by atoms with E-state index in [2.05, 4.69) is 0 Å². The topological polar surface area (TPSA) is 102 Å². The molecular formula is C7F15KO6S3. The van der Waals surface area contributed by atoms with Crippen molar-refractivity contribution < 1.29 is 142 Å². The van der Waals surface area contributed by atoms with Crippen molar-refractivity contribution >= 4 is 29.5 Å². The normalized spacial score (nSPS) is 16.1. The van der Waals surface area contributed by atoms with Gasteiger partial charge in [-0.25, -0.2) is 0 Å². The van der Waals surface area contributed by atoms with Crippen LogP contribution in [0.5, 0.6) is 0 Å². The van der Waals surface area contributed by atoms with Crippen molar-refractivity contribution in [3.05, 3.63) is 3.91 Å². The second-order valence-electron chi connectivity index (χ2n) is 4.80. The van der Waals surface area contributed by atoms with Crippen LogP contribution >= 0.6 is 0 Å². The van der Waals surface area contributed by atoms with Crippen molar-refractivity contribution in [3.8, 4) is 0 Å². The molecule has 0 spiro atoms. The number of halogens is 15. The average molecular weight is 600 g/mol. The third-order valence-corrected chi connectivity index (χ3v) is 10.6. The first kappa shape index (κ1) is 34.6. The molecule has 6 nitrogen and oxygen atoms in total. The Morgan fingerprint density at radius 2 is 0.500 bits per heavy atom. The van der Waals surface area contributed by atoms with E-state index >= 15 is 0 Å². The molecule has 0 aliphatic heterocycles. The van der Waals surface area contributed by atoms with Crippen LogP contribution in [0, 0.1) is 3.91 Å². The van der Waals surface area contributed by atoms with Crippen LogP contribution in [0.4, 0.5) is 65.9 Å². The fourth-order valence-corrected chi connectivity index (χ4v) is 8.10. The molecule has 0 aromatic heterocycles. The maximum absolute atomic E-state index is 13.1. The maximum atomic E-state index is 13.1. The number of sulfone groups is 3. The zero-order valence-corrected chi connectivity index (χ0v) is 19.4. The zero-order valence-electron chi connectivity index (χ0n) is 13.8. The minimum Gasteiger partial charge on any atom is -0.254 e. The van der Waals surface area contributed by atoms with E-state index in [1.165, 1.54) is 0 Å². The van der Waals surface area contributed by atoms with Crippen LogP contribution in [0.3, 0.4) is 0 Å². The molecule has 0 heterocycles. The smallest absolute Gasteiger partial charge is 0.254 e. The molecule has 0 atom stereocenters. The molecule has 0 aromatic carbocycles. The number of rotatable bonds is 6. The van der Waals surface area contributed by atoms with Gasteiger partial charge in [0.2, 0.25) is 0 Å². The van der Waals surface area contributed by atoms with E-state index in [-0.39, 0.29) is 51.4 Å². The van der Waals surface area contributed by atoms with Gasteiger partial charge in [0.15, 0.2) is 0 Å². The van der Waals surface area contributed by atoms with Gasteiger partial charge in [0.1, 0.15) is 29.5 Å². The van der Waals surface area contributed by atoms with Crippen LogP contribution in [0.15, 0.2) is 0 Å². The van der Waals surface area contributed by atoms with E-state index in [4.69, 9.17) is 0 Å². The molecule has 0 unspecified atom stereocenters. The number of alkyl halides is 15. The van der Waals surface area contributed by atoms with Gasteiger partial charge in [0, 0.05) is 0 Å². The molecule has 0 radical (unpaired) electrons. The summed E-state index contributed by atoms with van der Waals surface area (Å²) >= 11 is 0. The molecule has 0 saturated heterocycles. The summed E-state index contributed by atoms with van der Waals surface area (Å²) < 4.78 is 249. The Kier molecular flexibility index (Phi) is 9.55. The van der Waals surface area contributed by atoms with Gasteiger partial charge in [-0.05, 0) is 0 Å². The Bertz CT molecular complexity index is 884. The van der Waals surface area contributed by atoms with Crippen LogP contribution in [-0.2, 0) is 29.5 Å². The second kappa shape index (κ2) is 8.83. The molecule has 25 heteroatoms. The number of hydrogen-bond acceptors (Lipinski definition) is 6. The standard InChI is InChI=1S/C7F15O6S3.K/c8-2(9,10)5(17,18)29(23,24)1(30(25,26)6(19,20)3(11,12)13)31(27,28)7(21,22)4(14,15)16;/q-1;+1. The van der Waals surface area contributed by atoms with Crippen molar-refractivity contribution in [2.24, 2.45) is 0 Å². The molecule has 0 N–H and O–H groups in total. The summed E-state index contributed by atoms with van der Waals surface area (Å²) in [7, 11) is -27.7. The van der Waals surface area contributed by atoms with Gasteiger partial charge in [-0.1, -0.05) is 0 Å². The van der Waals surface area contributed by atoms with Gasteiger partial charge in [0.05, 0.1) is 3.91 Å². The minimum atomic E-state index is -9.24. The van der Waals surface area contributed by atoms with Crippen LogP contribution < -0.4 is 51.4 Å². The first-order valence-electron chi connectivity index (χ1n) is 5.81. The summed E-state index contributed by atoms with van der Waals surface area (Å²) in [6, 6.07) is 0. The predicted molar refractivity (Wildman–Crippen MR) is 63.0 cm³/mol. The minimum absolute atomic E-state index is 0. The summed E-state index contributed by atoms with van der Waals surface area (Å²) in [4.78, 5) is 0. The first-order chi connectivity index (χ1) is 12.9. The molecule has 0 aromatic rings. The van der Waals surface area contributed by atoms with Crippen molar-refractivity contribution in [1.29, 1.82) is 0 Å². The molecule has 0 bridgehead atoms. The number of hydrogen-bond donors (Lipinski definition) is 0. The van der Waals surface area contributed by atoms with E-state index in [0.29, 0.717) is 0 Å². The maximum Gasteiger partial charge on any atom is 1.00 e. The van der Waals surface area contributed by atoms with Crippen molar-refractivity contribution in [1.82, 2.24) is 0 Å².